The molecule has 38 heavy (non-hydrogen) atoms. The van der Waals surface area contributed by atoms with Crippen molar-refractivity contribution in [1.82, 2.24) is 4.90 Å². The molecule has 0 spiro atoms. The number of rotatable bonds is 7. The van der Waals surface area contributed by atoms with Crippen molar-refractivity contribution in [2.75, 3.05) is 12.1 Å². The van der Waals surface area contributed by atoms with Crippen LogP contribution in [0.1, 0.15) is 23.1 Å². The zero-order valence-corrected chi connectivity index (χ0v) is 21.5. The summed E-state index contributed by atoms with van der Waals surface area (Å²) in [6, 6.07) is 17.6. The summed E-state index contributed by atoms with van der Waals surface area (Å²) in [4.78, 5) is 43.5. The van der Waals surface area contributed by atoms with E-state index in [1.807, 2.05) is 43.3 Å². The molecule has 194 valence electrons. The van der Waals surface area contributed by atoms with Gasteiger partial charge >= 0.3 is 0 Å². The van der Waals surface area contributed by atoms with Gasteiger partial charge in [0, 0.05) is 12.5 Å². The molecule has 2 aliphatic heterocycles. The minimum absolute atomic E-state index is 0.0896. The van der Waals surface area contributed by atoms with Crippen LogP contribution in [-0.2, 0) is 16.1 Å². The van der Waals surface area contributed by atoms with Crippen molar-refractivity contribution in [3.05, 3.63) is 87.5 Å². The van der Waals surface area contributed by atoms with Crippen LogP contribution in [0.15, 0.2) is 65.7 Å². The number of fused-ring (bicyclic) bond motifs is 1. The van der Waals surface area contributed by atoms with Crippen LogP contribution in [0.5, 0.6) is 11.5 Å². The molecular weight excluding hydrogens is 508 g/mol. The lowest BCUT2D eigenvalue weighted by Crippen LogP contribution is -2.33. The molecule has 0 saturated carbocycles. The second kappa shape index (κ2) is 10.5. The normalized spacial score (nSPS) is 17.2. The summed E-state index contributed by atoms with van der Waals surface area (Å²) in [5.74, 6) is 0.480. The first-order valence-electron chi connectivity index (χ1n) is 11.8. The minimum atomic E-state index is -0.738. The van der Waals surface area contributed by atoms with Crippen LogP contribution in [0.4, 0.5) is 17.1 Å². The highest BCUT2D eigenvalue weighted by atomic mass is 32.2. The van der Waals surface area contributed by atoms with Crippen molar-refractivity contribution in [2.45, 2.75) is 32.1 Å². The highest BCUT2D eigenvalue weighted by Gasteiger charge is 2.39. The van der Waals surface area contributed by atoms with E-state index >= 15 is 0 Å². The summed E-state index contributed by atoms with van der Waals surface area (Å²) in [5, 5.41) is 13.8. The summed E-state index contributed by atoms with van der Waals surface area (Å²) >= 11 is 1.20. The second-order valence-corrected chi connectivity index (χ2v) is 10.1. The van der Waals surface area contributed by atoms with Crippen LogP contribution in [0.2, 0.25) is 0 Å². The number of nitro groups is 1. The van der Waals surface area contributed by atoms with E-state index in [0.29, 0.717) is 27.9 Å². The molecule has 2 amide bonds. The van der Waals surface area contributed by atoms with Crippen molar-refractivity contribution in [2.24, 2.45) is 4.99 Å². The number of hydrogen-bond donors (Lipinski definition) is 1. The van der Waals surface area contributed by atoms with Crippen molar-refractivity contribution in [3.63, 3.8) is 0 Å². The number of nitro benzene ring substituents is 1. The van der Waals surface area contributed by atoms with Crippen molar-refractivity contribution < 1.29 is 24.0 Å². The SMILES string of the molecule is Cc1ccc(N=C2S[C@@H](CC(=O)Nc3ccc(C)cc3[N+](=O)[O-])C(=O)N2Cc2ccc3c(c2)OCO3)cc1. The molecule has 2 aliphatic rings. The Labute approximate surface area is 222 Å². The van der Waals surface area contributed by atoms with Crippen molar-refractivity contribution >= 4 is 45.8 Å². The third-order valence-electron chi connectivity index (χ3n) is 6.05. The number of ether oxygens (including phenoxy) is 2. The van der Waals surface area contributed by atoms with Gasteiger partial charge in [-0.15, -0.1) is 0 Å². The number of hydrogen-bond acceptors (Lipinski definition) is 8. The molecule has 1 saturated heterocycles. The fourth-order valence-electron chi connectivity index (χ4n) is 4.09. The Kier molecular flexibility index (Phi) is 7.01. The van der Waals surface area contributed by atoms with Gasteiger partial charge < -0.3 is 14.8 Å². The molecule has 0 aliphatic carbocycles. The number of anilines is 1. The summed E-state index contributed by atoms with van der Waals surface area (Å²) in [5.41, 5.74) is 3.18. The maximum atomic E-state index is 13.5. The number of benzene rings is 3. The topological polar surface area (TPSA) is 123 Å². The molecule has 0 bridgehead atoms. The first-order valence-corrected chi connectivity index (χ1v) is 12.7. The highest BCUT2D eigenvalue weighted by Crippen LogP contribution is 2.36. The quantitative estimate of drug-likeness (QED) is 0.332. The van der Waals surface area contributed by atoms with E-state index in [-0.39, 0.29) is 37.0 Å². The number of amidine groups is 1. The Morgan fingerprint density at radius 1 is 1.08 bits per heavy atom. The molecule has 1 N–H and O–H groups in total. The number of thioether (sulfide) groups is 1. The number of nitrogens with zero attached hydrogens (tertiary/aromatic N) is 3. The van der Waals surface area contributed by atoms with Crippen LogP contribution in [0, 0.1) is 24.0 Å². The molecule has 3 aromatic carbocycles. The third kappa shape index (κ3) is 5.47. The van der Waals surface area contributed by atoms with E-state index in [4.69, 9.17) is 14.5 Å². The lowest BCUT2D eigenvalue weighted by Gasteiger charge is -2.17. The Morgan fingerprint density at radius 2 is 1.82 bits per heavy atom. The number of amides is 2. The van der Waals surface area contributed by atoms with Crippen LogP contribution >= 0.6 is 11.8 Å². The molecule has 1 atom stereocenters. The number of aryl methyl sites for hydroxylation is 2. The van der Waals surface area contributed by atoms with Gasteiger partial charge in [-0.3, -0.25) is 24.6 Å². The first kappa shape index (κ1) is 25.3. The van der Waals surface area contributed by atoms with Crippen molar-refractivity contribution in [1.29, 1.82) is 0 Å². The van der Waals surface area contributed by atoms with Gasteiger partial charge in [-0.1, -0.05) is 41.6 Å². The molecule has 0 radical (unpaired) electrons. The largest absolute Gasteiger partial charge is 0.454 e. The van der Waals surface area contributed by atoms with E-state index in [1.165, 1.54) is 23.9 Å². The van der Waals surface area contributed by atoms with Gasteiger partial charge in [0.15, 0.2) is 16.7 Å². The highest BCUT2D eigenvalue weighted by molar-refractivity contribution is 8.15. The van der Waals surface area contributed by atoms with E-state index < -0.39 is 16.1 Å². The third-order valence-corrected chi connectivity index (χ3v) is 7.23. The molecular formula is C27H24N4O6S. The number of aliphatic imine (C=N–C) groups is 1. The number of carbonyl (C=O) groups excluding carboxylic acids is 2. The van der Waals surface area contributed by atoms with Crippen LogP contribution in [0.25, 0.3) is 0 Å². The van der Waals surface area contributed by atoms with Gasteiger partial charge in [-0.05, 0) is 55.3 Å². The lowest BCUT2D eigenvalue weighted by molar-refractivity contribution is -0.384. The van der Waals surface area contributed by atoms with Crippen LogP contribution in [0.3, 0.4) is 0 Å². The van der Waals surface area contributed by atoms with Crippen LogP contribution < -0.4 is 14.8 Å². The zero-order valence-electron chi connectivity index (χ0n) is 20.7. The Bertz CT molecular complexity index is 1460. The molecule has 0 aromatic heterocycles. The van der Waals surface area contributed by atoms with Gasteiger partial charge in [0.1, 0.15) is 10.9 Å². The van der Waals surface area contributed by atoms with Gasteiger partial charge in [0.05, 0.1) is 17.2 Å². The summed E-state index contributed by atoms with van der Waals surface area (Å²) in [6.07, 6.45) is -0.168. The average molecular weight is 533 g/mol. The van der Waals surface area contributed by atoms with Gasteiger partial charge in [-0.25, -0.2) is 4.99 Å². The molecule has 5 rings (SSSR count). The molecule has 2 heterocycles. The van der Waals surface area contributed by atoms with E-state index in [9.17, 15) is 19.7 Å². The average Bonchev–Trinajstić information content (AvgIpc) is 3.46. The van der Waals surface area contributed by atoms with Crippen LogP contribution in [-0.4, -0.2) is 38.8 Å². The zero-order chi connectivity index (χ0) is 26.8. The predicted octanol–water partition coefficient (Wildman–Crippen LogP) is 5.10. The maximum absolute atomic E-state index is 13.5. The van der Waals surface area contributed by atoms with Gasteiger partial charge in [-0.2, -0.15) is 0 Å². The summed E-state index contributed by atoms with van der Waals surface area (Å²) in [7, 11) is 0. The van der Waals surface area contributed by atoms with E-state index in [2.05, 4.69) is 5.32 Å². The smallest absolute Gasteiger partial charge is 0.293 e. The van der Waals surface area contributed by atoms with E-state index in [1.54, 1.807) is 24.0 Å². The van der Waals surface area contributed by atoms with Crippen molar-refractivity contribution in [3.8, 4) is 11.5 Å². The molecule has 11 heteroatoms. The minimum Gasteiger partial charge on any atom is -0.454 e. The van der Waals surface area contributed by atoms with Gasteiger partial charge in [0.25, 0.3) is 5.69 Å². The molecule has 10 nitrogen and oxygen atoms in total. The first-order chi connectivity index (χ1) is 18.3. The molecule has 1 fully saturated rings. The lowest BCUT2D eigenvalue weighted by atomic mass is 10.1. The van der Waals surface area contributed by atoms with E-state index in [0.717, 1.165) is 11.1 Å². The Hall–Kier alpha value is -4.38. The summed E-state index contributed by atoms with van der Waals surface area (Å²) in [6.45, 7) is 4.09. The monoisotopic (exact) mass is 532 g/mol. The Morgan fingerprint density at radius 3 is 2.58 bits per heavy atom. The fourth-order valence-corrected chi connectivity index (χ4v) is 5.25. The predicted molar refractivity (Wildman–Crippen MR) is 144 cm³/mol. The van der Waals surface area contributed by atoms with Gasteiger partial charge in [0.2, 0.25) is 18.6 Å². The standard InChI is InChI=1S/C27H24N4O6S/c1-16-3-7-19(8-4-16)28-27-30(14-18-6-10-22-23(12-18)37-15-36-22)26(33)24(38-27)13-25(32)29-20-9-5-17(2)11-21(20)31(34)35/h3-12,24H,13-15H2,1-2H3,(H,29,32)/t24-/m0/s1. The maximum Gasteiger partial charge on any atom is 0.293 e. The summed E-state index contributed by atoms with van der Waals surface area (Å²) < 4.78 is 10.8. The number of nitrogens with one attached hydrogen (secondary N) is 1. The molecule has 0 unspecified atom stereocenters. The fraction of sp³-hybridized carbons (Fsp3) is 0.222. The molecule has 3 aromatic rings. The Balaban J connectivity index is 1.37. The second-order valence-electron chi connectivity index (χ2n) is 8.98. The number of carbonyl (C=O) groups is 2.